The zero-order valence-corrected chi connectivity index (χ0v) is 16.9. The van der Waals surface area contributed by atoms with Crippen LogP contribution in [0.1, 0.15) is 5.69 Å². The van der Waals surface area contributed by atoms with Gasteiger partial charge in [-0.05, 0) is 49.4 Å². The van der Waals surface area contributed by atoms with E-state index in [1.54, 1.807) is 43.3 Å². The fraction of sp³-hybridized carbons (Fsp3) is 0.150. The Morgan fingerprint density at radius 1 is 1.24 bits per heavy atom. The van der Waals surface area contributed by atoms with Crippen LogP contribution in [0.4, 0.5) is 15.9 Å². The Morgan fingerprint density at radius 2 is 2.00 bits per heavy atom. The Balaban J connectivity index is 1.56. The highest BCUT2D eigenvalue weighted by Gasteiger charge is 2.27. The van der Waals surface area contributed by atoms with Crippen molar-refractivity contribution in [1.82, 2.24) is 9.78 Å². The topological polar surface area (TPSA) is 76.5 Å². The van der Waals surface area contributed by atoms with Crippen LogP contribution in [-0.2, 0) is 9.59 Å². The zero-order valence-electron chi connectivity index (χ0n) is 15.4. The molecule has 0 radical (unpaired) electrons. The average molecular weight is 459 g/mol. The minimum atomic E-state index is -0.391. The molecule has 3 aromatic rings. The lowest BCUT2D eigenvalue weighted by Gasteiger charge is -2.29. The van der Waals surface area contributed by atoms with E-state index in [9.17, 15) is 14.0 Å². The summed E-state index contributed by atoms with van der Waals surface area (Å²) in [6.45, 7) is 1.48. The number of benzene rings is 2. The number of rotatable bonds is 4. The van der Waals surface area contributed by atoms with Crippen molar-refractivity contribution >= 4 is 39.2 Å². The van der Waals surface area contributed by atoms with E-state index in [-0.39, 0.29) is 24.9 Å². The second kappa shape index (κ2) is 7.67. The lowest BCUT2D eigenvalue weighted by Crippen LogP contribution is -2.43. The van der Waals surface area contributed by atoms with Crippen LogP contribution in [0, 0.1) is 12.7 Å². The van der Waals surface area contributed by atoms with Crippen molar-refractivity contribution in [2.24, 2.45) is 0 Å². The number of hydrogen-bond acceptors (Lipinski definition) is 4. The number of halogens is 2. The second-order valence-corrected chi connectivity index (χ2v) is 7.40. The SMILES string of the molecule is Cc1cc(NC(=O)CN2C(=O)COc3cc(Br)ccc32)n(-c2ccc(F)cc2)n1. The number of amides is 2. The Labute approximate surface area is 174 Å². The van der Waals surface area contributed by atoms with Gasteiger partial charge in [-0.1, -0.05) is 15.9 Å². The van der Waals surface area contributed by atoms with E-state index in [1.807, 2.05) is 0 Å². The molecule has 0 atom stereocenters. The molecule has 1 aliphatic rings. The van der Waals surface area contributed by atoms with Crippen molar-refractivity contribution in [2.45, 2.75) is 6.92 Å². The smallest absolute Gasteiger partial charge is 0.265 e. The number of fused-ring (bicyclic) bond motifs is 1. The summed E-state index contributed by atoms with van der Waals surface area (Å²) in [6.07, 6.45) is 0. The molecule has 0 saturated carbocycles. The van der Waals surface area contributed by atoms with Gasteiger partial charge >= 0.3 is 0 Å². The Bertz CT molecular complexity index is 1100. The molecule has 2 amide bonds. The molecule has 1 aliphatic heterocycles. The van der Waals surface area contributed by atoms with Crippen LogP contribution in [0.25, 0.3) is 5.69 Å². The maximum atomic E-state index is 13.2. The molecule has 2 aromatic carbocycles. The minimum absolute atomic E-state index is 0.136. The Morgan fingerprint density at radius 3 is 2.76 bits per heavy atom. The van der Waals surface area contributed by atoms with Crippen LogP contribution < -0.4 is 15.0 Å². The molecule has 0 saturated heterocycles. The molecule has 0 aliphatic carbocycles. The number of ether oxygens (including phenoxy) is 1. The van der Waals surface area contributed by atoms with E-state index in [0.29, 0.717) is 28.6 Å². The highest BCUT2D eigenvalue weighted by molar-refractivity contribution is 9.10. The largest absolute Gasteiger partial charge is 0.482 e. The number of carbonyl (C=O) groups is 2. The van der Waals surface area contributed by atoms with Crippen LogP contribution in [0.3, 0.4) is 0 Å². The number of anilines is 2. The summed E-state index contributed by atoms with van der Waals surface area (Å²) in [5.74, 6) is -0.107. The van der Waals surface area contributed by atoms with Gasteiger partial charge in [0, 0.05) is 10.5 Å². The van der Waals surface area contributed by atoms with Gasteiger partial charge in [-0.25, -0.2) is 9.07 Å². The molecule has 0 fully saturated rings. The van der Waals surface area contributed by atoms with Gasteiger partial charge in [0.25, 0.3) is 5.91 Å². The molecule has 0 bridgehead atoms. The van der Waals surface area contributed by atoms with Gasteiger partial charge in [0.1, 0.15) is 23.9 Å². The third kappa shape index (κ3) is 4.00. The maximum absolute atomic E-state index is 13.2. The van der Waals surface area contributed by atoms with Crippen LogP contribution in [-0.4, -0.2) is 34.7 Å². The molecule has 148 valence electrons. The maximum Gasteiger partial charge on any atom is 0.265 e. The monoisotopic (exact) mass is 458 g/mol. The summed E-state index contributed by atoms with van der Waals surface area (Å²) in [7, 11) is 0. The predicted molar refractivity (Wildman–Crippen MR) is 109 cm³/mol. The first-order valence-corrected chi connectivity index (χ1v) is 9.55. The predicted octanol–water partition coefficient (Wildman–Crippen LogP) is 3.45. The first-order valence-electron chi connectivity index (χ1n) is 8.76. The van der Waals surface area contributed by atoms with Crippen molar-refractivity contribution < 1.29 is 18.7 Å². The van der Waals surface area contributed by atoms with Gasteiger partial charge in [0.15, 0.2) is 6.61 Å². The van der Waals surface area contributed by atoms with E-state index < -0.39 is 5.91 Å². The van der Waals surface area contributed by atoms with Crippen LogP contribution in [0.5, 0.6) is 5.75 Å². The number of aromatic nitrogens is 2. The van der Waals surface area contributed by atoms with Crippen molar-refractivity contribution in [2.75, 3.05) is 23.4 Å². The lowest BCUT2D eigenvalue weighted by molar-refractivity contribution is -0.123. The van der Waals surface area contributed by atoms with Gasteiger partial charge in [0.05, 0.1) is 17.1 Å². The Kier molecular flexibility index (Phi) is 5.06. The van der Waals surface area contributed by atoms with Crippen LogP contribution in [0.15, 0.2) is 53.0 Å². The molecule has 1 aromatic heterocycles. The number of carbonyl (C=O) groups excluding carboxylic acids is 2. The van der Waals surface area contributed by atoms with Crippen LogP contribution in [0.2, 0.25) is 0 Å². The molecule has 0 spiro atoms. The van der Waals surface area contributed by atoms with Crippen LogP contribution >= 0.6 is 15.9 Å². The molecule has 7 nitrogen and oxygen atoms in total. The van der Waals surface area contributed by atoms with E-state index >= 15 is 0 Å². The summed E-state index contributed by atoms with van der Waals surface area (Å²) in [5.41, 5.74) is 1.82. The summed E-state index contributed by atoms with van der Waals surface area (Å²) in [5, 5.41) is 7.12. The van der Waals surface area contributed by atoms with Crippen molar-refractivity contribution in [1.29, 1.82) is 0 Å². The number of nitrogens with zero attached hydrogens (tertiary/aromatic N) is 3. The zero-order chi connectivity index (χ0) is 20.5. The van der Waals surface area contributed by atoms with E-state index in [0.717, 1.165) is 4.47 Å². The summed E-state index contributed by atoms with van der Waals surface area (Å²) in [6, 6.07) is 12.7. The lowest BCUT2D eigenvalue weighted by atomic mass is 10.2. The molecule has 9 heteroatoms. The molecule has 1 N–H and O–H groups in total. The summed E-state index contributed by atoms with van der Waals surface area (Å²) >= 11 is 3.36. The fourth-order valence-electron chi connectivity index (χ4n) is 3.05. The van der Waals surface area contributed by atoms with Gasteiger partial charge in [-0.3, -0.25) is 14.5 Å². The quantitative estimate of drug-likeness (QED) is 0.649. The number of nitrogens with one attached hydrogen (secondary N) is 1. The summed E-state index contributed by atoms with van der Waals surface area (Å²) in [4.78, 5) is 26.4. The van der Waals surface area contributed by atoms with Gasteiger partial charge in [-0.2, -0.15) is 5.10 Å². The van der Waals surface area contributed by atoms with Gasteiger partial charge < -0.3 is 10.1 Å². The van der Waals surface area contributed by atoms with E-state index in [4.69, 9.17) is 4.74 Å². The molecule has 2 heterocycles. The fourth-order valence-corrected chi connectivity index (χ4v) is 3.39. The second-order valence-electron chi connectivity index (χ2n) is 6.49. The Hall–Kier alpha value is -3.20. The first-order chi connectivity index (χ1) is 13.9. The standard InChI is InChI=1S/C20H16BrFN4O3/c1-12-8-18(26(24-12)15-5-3-14(22)4-6-15)23-19(27)10-25-16-7-2-13(21)9-17(16)29-11-20(25)28/h2-9H,10-11H2,1H3,(H,23,27). The normalized spacial score (nSPS) is 13.1. The van der Waals surface area contributed by atoms with E-state index in [1.165, 1.54) is 21.7 Å². The molecule has 4 rings (SSSR count). The first kappa shape index (κ1) is 19.1. The minimum Gasteiger partial charge on any atom is -0.482 e. The number of hydrogen-bond donors (Lipinski definition) is 1. The molecular formula is C20H16BrFN4O3. The molecular weight excluding hydrogens is 443 g/mol. The van der Waals surface area contributed by atoms with Gasteiger partial charge in [-0.15, -0.1) is 0 Å². The highest BCUT2D eigenvalue weighted by Crippen LogP contribution is 2.34. The third-order valence-corrected chi connectivity index (χ3v) is 4.83. The van der Waals surface area contributed by atoms with Crippen molar-refractivity contribution in [3.8, 4) is 11.4 Å². The van der Waals surface area contributed by atoms with Gasteiger partial charge in [0.2, 0.25) is 5.91 Å². The third-order valence-electron chi connectivity index (χ3n) is 4.34. The van der Waals surface area contributed by atoms with E-state index in [2.05, 4.69) is 26.3 Å². The average Bonchev–Trinajstić information content (AvgIpc) is 3.04. The number of aryl methyl sites for hydroxylation is 1. The molecule has 29 heavy (non-hydrogen) atoms. The van der Waals surface area contributed by atoms with Crippen molar-refractivity contribution in [3.63, 3.8) is 0 Å². The van der Waals surface area contributed by atoms with Crippen molar-refractivity contribution in [3.05, 3.63) is 64.5 Å². The highest BCUT2D eigenvalue weighted by atomic mass is 79.9. The summed E-state index contributed by atoms with van der Waals surface area (Å²) < 4.78 is 21.0. The molecule has 0 unspecified atom stereocenters.